The number of nitrogens with zero attached hydrogens (tertiary/aromatic N) is 1. The molecule has 0 spiro atoms. The Morgan fingerprint density at radius 1 is 0.906 bits per heavy atom. The number of esters is 1. The van der Waals surface area contributed by atoms with Crippen molar-refractivity contribution in [2.75, 3.05) is 6.61 Å². The van der Waals surface area contributed by atoms with E-state index in [-0.39, 0.29) is 23.5 Å². The number of allylic oxidation sites excluding steroid dienone is 1. The van der Waals surface area contributed by atoms with Gasteiger partial charge in [-0.1, -0.05) is 102 Å². The van der Waals surface area contributed by atoms with Gasteiger partial charge in [-0.15, -0.1) is 0 Å². The summed E-state index contributed by atoms with van der Waals surface area (Å²) in [5.74, 6) is -0.795. The van der Waals surface area contributed by atoms with E-state index in [4.69, 9.17) is 4.74 Å². The van der Waals surface area contributed by atoms with Crippen LogP contribution >= 0.6 is 0 Å². The third-order valence-corrected chi connectivity index (χ3v) is 5.17. The predicted molar refractivity (Wildman–Crippen MR) is 129 cm³/mol. The summed E-state index contributed by atoms with van der Waals surface area (Å²) >= 11 is 0. The second-order valence-corrected chi connectivity index (χ2v) is 9.57. The number of carbonyl (C=O) groups excluding carboxylic acids is 2. The van der Waals surface area contributed by atoms with Crippen LogP contribution in [0.25, 0.3) is 0 Å². The van der Waals surface area contributed by atoms with Crippen molar-refractivity contribution in [2.24, 2.45) is 15.9 Å². The van der Waals surface area contributed by atoms with Crippen molar-refractivity contribution in [3.8, 4) is 0 Å². The lowest BCUT2D eigenvalue weighted by molar-refractivity contribution is -0.142. The van der Waals surface area contributed by atoms with Gasteiger partial charge in [0.05, 0.1) is 12.3 Å². The molecule has 0 aliphatic heterocycles. The second kappa shape index (κ2) is 10.9. The van der Waals surface area contributed by atoms with Gasteiger partial charge >= 0.3 is 5.97 Å². The van der Waals surface area contributed by atoms with Gasteiger partial charge in [-0.2, -0.15) is 5.10 Å². The highest BCUT2D eigenvalue weighted by Gasteiger charge is 2.24. The first-order chi connectivity index (χ1) is 15.0. The predicted octanol–water partition coefficient (Wildman–Crippen LogP) is 5.51. The first-order valence-electron chi connectivity index (χ1n) is 10.9. The van der Waals surface area contributed by atoms with Crippen molar-refractivity contribution in [1.82, 2.24) is 5.43 Å². The van der Waals surface area contributed by atoms with Gasteiger partial charge in [0.25, 0.3) is 0 Å². The molecule has 0 saturated carbocycles. The average molecular weight is 435 g/mol. The molecule has 0 atom stereocenters. The topological polar surface area (TPSA) is 67.8 Å². The van der Waals surface area contributed by atoms with Crippen LogP contribution in [0, 0.1) is 10.8 Å². The first kappa shape index (κ1) is 25.1. The molecule has 0 aliphatic rings. The molecule has 0 bridgehead atoms. The fraction of sp³-hybridized carbons (Fsp3) is 0.370. The minimum Gasteiger partial charge on any atom is -0.460 e. The number of carbonyl (C=O) groups is 2. The molecule has 2 aromatic rings. The largest absolute Gasteiger partial charge is 0.460 e. The van der Waals surface area contributed by atoms with Gasteiger partial charge in [0.1, 0.15) is 5.70 Å². The first-order valence-corrected chi connectivity index (χ1v) is 10.9. The van der Waals surface area contributed by atoms with Crippen molar-refractivity contribution in [2.45, 2.75) is 48.0 Å². The van der Waals surface area contributed by atoms with Crippen molar-refractivity contribution in [1.29, 1.82) is 0 Å². The van der Waals surface area contributed by atoms with Crippen LogP contribution < -0.4 is 5.43 Å². The van der Waals surface area contributed by atoms with Crippen LogP contribution in [0.1, 0.15) is 59.1 Å². The van der Waals surface area contributed by atoms with Crippen LogP contribution in [0.5, 0.6) is 0 Å². The van der Waals surface area contributed by atoms with Gasteiger partial charge in [-0.05, 0) is 11.8 Å². The Bertz CT molecular complexity index is 927. The zero-order chi connectivity index (χ0) is 23.8. The molecular weight excluding hydrogens is 400 g/mol. The Morgan fingerprint density at radius 2 is 1.41 bits per heavy atom. The number of nitrogens with one attached hydrogen (secondary N) is 1. The van der Waals surface area contributed by atoms with Crippen molar-refractivity contribution in [3.05, 3.63) is 83.6 Å². The maximum absolute atomic E-state index is 12.9. The van der Waals surface area contributed by atoms with Gasteiger partial charge in [0.2, 0.25) is 0 Å². The molecule has 5 heteroatoms. The molecule has 1 N–H and O–H groups in total. The van der Waals surface area contributed by atoms with E-state index in [1.54, 1.807) is 20.8 Å². The third-order valence-electron chi connectivity index (χ3n) is 5.17. The number of rotatable bonds is 9. The third kappa shape index (κ3) is 7.49. The molecule has 0 aliphatic carbocycles. The van der Waals surface area contributed by atoms with Crippen molar-refractivity contribution >= 4 is 17.5 Å². The molecule has 0 aromatic heterocycles. The molecule has 0 unspecified atom stereocenters. The fourth-order valence-electron chi connectivity index (χ4n) is 2.53. The molecule has 2 aromatic carbocycles. The number of hydrazone groups is 1. The maximum atomic E-state index is 12.9. The zero-order valence-electron chi connectivity index (χ0n) is 19.9. The average Bonchev–Trinajstić information content (AvgIpc) is 2.77. The van der Waals surface area contributed by atoms with Gasteiger partial charge in [0, 0.05) is 22.6 Å². The van der Waals surface area contributed by atoms with Crippen LogP contribution in [-0.4, -0.2) is 24.1 Å². The van der Waals surface area contributed by atoms with E-state index in [1.807, 2.05) is 81.4 Å². The maximum Gasteiger partial charge on any atom is 0.356 e. The molecule has 32 heavy (non-hydrogen) atoms. The number of ether oxygens (including phenoxy) is 1. The van der Waals surface area contributed by atoms with Gasteiger partial charge in [-0.3, -0.25) is 10.2 Å². The van der Waals surface area contributed by atoms with Gasteiger partial charge in [0.15, 0.2) is 5.78 Å². The lowest BCUT2D eigenvalue weighted by Crippen LogP contribution is -2.28. The lowest BCUT2D eigenvalue weighted by Gasteiger charge is -2.22. The zero-order valence-corrected chi connectivity index (χ0v) is 19.9. The summed E-state index contributed by atoms with van der Waals surface area (Å²) in [7, 11) is 0. The van der Waals surface area contributed by atoms with Crippen LogP contribution in [0.15, 0.2) is 77.5 Å². The molecule has 0 radical (unpaired) electrons. The summed E-state index contributed by atoms with van der Waals surface area (Å²) < 4.78 is 5.53. The number of ketones is 1. The van der Waals surface area contributed by atoms with Gasteiger partial charge < -0.3 is 4.74 Å². The summed E-state index contributed by atoms with van der Waals surface area (Å²) in [4.78, 5) is 25.5. The normalized spacial score (nSPS) is 12.1. The van der Waals surface area contributed by atoms with Crippen LogP contribution in [0.2, 0.25) is 0 Å². The van der Waals surface area contributed by atoms with E-state index in [0.717, 1.165) is 17.5 Å². The highest BCUT2D eigenvalue weighted by molar-refractivity contribution is 6.13. The molecule has 0 heterocycles. The Kier molecular flexibility index (Phi) is 8.53. The number of hydrogen-bond donors (Lipinski definition) is 1. The monoisotopic (exact) mass is 434 g/mol. The van der Waals surface area contributed by atoms with Crippen LogP contribution in [-0.2, 0) is 14.3 Å². The Hall–Kier alpha value is -3.21. The van der Waals surface area contributed by atoms with E-state index in [1.165, 1.54) is 6.08 Å². The number of hydrogen-bond acceptors (Lipinski definition) is 5. The quantitative estimate of drug-likeness (QED) is 0.245. The van der Waals surface area contributed by atoms with Crippen molar-refractivity contribution in [3.63, 3.8) is 0 Å². The molecule has 2 rings (SSSR count). The highest BCUT2D eigenvalue weighted by atomic mass is 16.5. The van der Waals surface area contributed by atoms with E-state index >= 15 is 0 Å². The molecule has 0 fully saturated rings. The number of benzene rings is 2. The van der Waals surface area contributed by atoms with Crippen LogP contribution in [0.4, 0.5) is 0 Å². The smallest absolute Gasteiger partial charge is 0.356 e. The molecular formula is C27H34N2O3. The lowest BCUT2D eigenvalue weighted by atomic mass is 9.90. The van der Waals surface area contributed by atoms with E-state index < -0.39 is 11.4 Å². The van der Waals surface area contributed by atoms with E-state index in [9.17, 15) is 9.59 Å². The van der Waals surface area contributed by atoms with Crippen LogP contribution in [0.3, 0.4) is 0 Å². The Balaban J connectivity index is 2.41. The van der Waals surface area contributed by atoms with Crippen molar-refractivity contribution < 1.29 is 14.3 Å². The fourth-order valence-corrected chi connectivity index (χ4v) is 2.53. The summed E-state index contributed by atoms with van der Waals surface area (Å²) in [6.45, 7) is 11.8. The molecule has 0 amide bonds. The SMILES string of the molecule is CCC(C)(C)COC(=O)C(=CC(=O)C(C)(C)C)NN=C(c1ccccc1)c1ccccc1. The minimum absolute atomic E-state index is 0.0150. The molecule has 170 valence electrons. The second-order valence-electron chi connectivity index (χ2n) is 9.57. The van der Waals surface area contributed by atoms with E-state index in [0.29, 0.717) is 5.71 Å². The Labute approximate surface area is 191 Å². The van der Waals surface area contributed by atoms with E-state index in [2.05, 4.69) is 10.5 Å². The molecule has 5 nitrogen and oxygen atoms in total. The van der Waals surface area contributed by atoms with Gasteiger partial charge in [-0.25, -0.2) is 4.79 Å². The summed E-state index contributed by atoms with van der Waals surface area (Å²) in [5.41, 5.74) is 4.47. The molecule has 0 saturated heterocycles. The summed E-state index contributed by atoms with van der Waals surface area (Å²) in [6, 6.07) is 19.3. The summed E-state index contributed by atoms with van der Waals surface area (Å²) in [6.07, 6.45) is 2.15. The highest BCUT2D eigenvalue weighted by Crippen LogP contribution is 2.21. The standard InChI is InChI=1S/C27H34N2O3/c1-7-27(5,6)19-32-25(31)22(18-23(30)26(2,3)4)28-29-24(20-14-10-8-11-15-20)21-16-12-9-13-17-21/h8-18,28H,7,19H2,1-6H3. The Morgan fingerprint density at radius 3 is 1.84 bits per heavy atom. The summed E-state index contributed by atoms with van der Waals surface area (Å²) in [5, 5.41) is 4.53. The minimum atomic E-state index is -0.638.